The summed E-state index contributed by atoms with van der Waals surface area (Å²) in [5, 5.41) is 7.42. The van der Waals surface area contributed by atoms with E-state index >= 15 is 0 Å². The molecule has 0 spiro atoms. The van der Waals surface area contributed by atoms with Gasteiger partial charge in [0.25, 0.3) is 5.97 Å². The van der Waals surface area contributed by atoms with E-state index in [9.17, 15) is 0 Å². The van der Waals surface area contributed by atoms with Gasteiger partial charge in [-0.1, -0.05) is 12.1 Å². The van der Waals surface area contributed by atoms with Gasteiger partial charge in [0, 0.05) is 26.7 Å². The van der Waals surface area contributed by atoms with Gasteiger partial charge in [0.15, 0.2) is 0 Å². The number of aliphatic carboxylic acids is 1. The lowest BCUT2D eigenvalue weighted by Gasteiger charge is -2.07. The number of halogens is 1. The van der Waals surface area contributed by atoms with Gasteiger partial charge in [-0.3, -0.25) is 9.08 Å². The van der Waals surface area contributed by atoms with Crippen molar-refractivity contribution in [3.63, 3.8) is 0 Å². The number of unbranched alkanes of at least 4 members (excludes halogenated alkanes) is 2. The van der Waals surface area contributed by atoms with E-state index in [1.807, 2.05) is 24.3 Å². The minimum Gasteiger partial charge on any atom is -0.494 e. The van der Waals surface area contributed by atoms with Crippen molar-refractivity contribution in [2.75, 3.05) is 26.4 Å². The molecule has 0 aromatic heterocycles. The number of carboxylic acids is 1. The predicted octanol–water partition coefficient (Wildman–Crippen LogP) is 3.36. The van der Waals surface area contributed by atoms with E-state index in [0.29, 0.717) is 19.8 Å². The average Bonchev–Trinajstić information content (AvgIpc) is 2.56. The van der Waals surface area contributed by atoms with Crippen molar-refractivity contribution in [3.05, 3.63) is 29.8 Å². The van der Waals surface area contributed by atoms with Crippen LogP contribution in [0.5, 0.6) is 5.75 Å². The van der Waals surface area contributed by atoms with E-state index in [2.05, 4.69) is 4.29 Å². The van der Waals surface area contributed by atoms with E-state index < -0.39 is 5.97 Å². The van der Waals surface area contributed by atoms with E-state index in [1.165, 1.54) is 0 Å². The summed E-state index contributed by atoms with van der Waals surface area (Å²) in [6.45, 7) is 4.42. The number of carboxylic acid groups (broad SMARTS) is 1. The summed E-state index contributed by atoms with van der Waals surface area (Å²) in [6, 6.07) is 7.91. The highest BCUT2D eigenvalue weighted by molar-refractivity contribution is 6.07. The maximum absolute atomic E-state index is 9.00. The summed E-state index contributed by atoms with van der Waals surface area (Å²) in [5.74, 6) is 0.0690. The van der Waals surface area contributed by atoms with Crippen LogP contribution in [0.3, 0.4) is 0 Å². The van der Waals surface area contributed by atoms with Crippen LogP contribution in [0.15, 0.2) is 24.3 Å². The fourth-order valence-corrected chi connectivity index (χ4v) is 1.82. The van der Waals surface area contributed by atoms with E-state index in [-0.39, 0.29) is 0 Å². The quantitative estimate of drug-likeness (QED) is 0.555. The second-order valence-corrected chi connectivity index (χ2v) is 5.27. The zero-order valence-electron chi connectivity index (χ0n) is 14.2. The number of benzene rings is 1. The lowest BCUT2D eigenvalue weighted by Crippen LogP contribution is -2.02. The summed E-state index contributed by atoms with van der Waals surface area (Å²) >= 11 is 5.09. The normalized spacial score (nSPS) is 9.96. The number of rotatable bonds is 12. The van der Waals surface area contributed by atoms with Crippen LogP contribution in [-0.4, -0.2) is 37.5 Å². The number of hydrogen-bond donors (Lipinski definition) is 2. The molecule has 3 N–H and O–H groups in total. The van der Waals surface area contributed by atoms with Gasteiger partial charge in [0.05, 0.1) is 25.1 Å². The standard InChI is InChI=1S/C15H24ClNO3.C2H4O2/c16-20-12-4-10-18-9-2-1-3-11-19-15-7-5-14(13-17)6-8-15;1-2(3)4/h5-8H,1-4,9-13,17H2;1H3,(H,3,4). The molecule has 0 atom stereocenters. The highest BCUT2D eigenvalue weighted by Crippen LogP contribution is 2.12. The molecule has 6 nitrogen and oxygen atoms in total. The number of ether oxygens (including phenoxy) is 2. The third-order valence-electron chi connectivity index (χ3n) is 2.87. The molecule has 0 aliphatic heterocycles. The first-order chi connectivity index (χ1) is 11.6. The first-order valence-electron chi connectivity index (χ1n) is 8.02. The topological polar surface area (TPSA) is 91.0 Å². The molecule has 0 saturated heterocycles. The van der Waals surface area contributed by atoms with Crippen molar-refractivity contribution in [1.82, 2.24) is 0 Å². The zero-order chi connectivity index (χ0) is 18.0. The Morgan fingerprint density at radius 2 is 1.62 bits per heavy atom. The van der Waals surface area contributed by atoms with Crippen LogP contribution in [0, 0.1) is 0 Å². The van der Waals surface area contributed by atoms with Crippen LogP contribution >= 0.6 is 11.9 Å². The zero-order valence-corrected chi connectivity index (χ0v) is 15.0. The summed E-state index contributed by atoms with van der Waals surface area (Å²) in [7, 11) is 0. The van der Waals surface area contributed by atoms with Crippen molar-refractivity contribution < 1.29 is 23.7 Å². The molecule has 0 aliphatic carbocycles. The van der Waals surface area contributed by atoms with Crippen LogP contribution in [-0.2, 0) is 20.4 Å². The molecule has 0 heterocycles. The molecule has 1 aromatic carbocycles. The van der Waals surface area contributed by atoms with Gasteiger partial charge in [0.2, 0.25) is 0 Å². The predicted molar refractivity (Wildman–Crippen MR) is 94.2 cm³/mol. The molecule has 0 fully saturated rings. The van der Waals surface area contributed by atoms with Crippen molar-refractivity contribution in [2.45, 2.75) is 39.2 Å². The smallest absolute Gasteiger partial charge is 0.300 e. The maximum Gasteiger partial charge on any atom is 0.300 e. The second-order valence-electron chi connectivity index (χ2n) is 5.06. The maximum atomic E-state index is 9.00. The van der Waals surface area contributed by atoms with Gasteiger partial charge in [0.1, 0.15) is 5.75 Å². The first-order valence-corrected chi connectivity index (χ1v) is 8.33. The van der Waals surface area contributed by atoms with Crippen molar-refractivity contribution in [1.29, 1.82) is 0 Å². The Bertz CT molecular complexity index is 410. The summed E-state index contributed by atoms with van der Waals surface area (Å²) < 4.78 is 15.5. The Labute approximate surface area is 149 Å². The molecule has 0 unspecified atom stereocenters. The van der Waals surface area contributed by atoms with E-state index in [0.717, 1.165) is 57.1 Å². The molecule has 0 bridgehead atoms. The van der Waals surface area contributed by atoms with Gasteiger partial charge < -0.3 is 20.3 Å². The molecule has 0 aliphatic rings. The first kappa shape index (κ1) is 22.7. The SMILES string of the molecule is CC(=O)O.NCc1ccc(OCCCCCOCCCOCl)cc1. The fraction of sp³-hybridized carbons (Fsp3) is 0.588. The van der Waals surface area contributed by atoms with Gasteiger partial charge in [-0.2, -0.15) is 0 Å². The summed E-state index contributed by atoms with van der Waals surface area (Å²) in [6.07, 6.45) is 4.03. The third-order valence-corrected chi connectivity index (χ3v) is 3.03. The van der Waals surface area contributed by atoms with Crippen molar-refractivity contribution in [3.8, 4) is 5.75 Å². The minimum atomic E-state index is -0.833. The van der Waals surface area contributed by atoms with Gasteiger partial charge in [-0.05, 0) is 43.4 Å². The lowest BCUT2D eigenvalue weighted by atomic mass is 10.2. The third kappa shape index (κ3) is 15.6. The Kier molecular flexibility index (Phi) is 15.6. The average molecular weight is 362 g/mol. The number of carbonyl (C=O) groups is 1. The van der Waals surface area contributed by atoms with Crippen LogP contribution in [0.1, 0.15) is 38.2 Å². The number of nitrogens with two attached hydrogens (primary N) is 1. The monoisotopic (exact) mass is 361 g/mol. The molecule has 7 heteroatoms. The van der Waals surface area contributed by atoms with Crippen LogP contribution < -0.4 is 10.5 Å². The second kappa shape index (κ2) is 16.5. The molecular formula is C17H28ClNO5. The Morgan fingerprint density at radius 1 is 1.04 bits per heavy atom. The highest BCUT2D eigenvalue weighted by Gasteiger charge is 1.95. The largest absolute Gasteiger partial charge is 0.494 e. The van der Waals surface area contributed by atoms with E-state index in [1.54, 1.807) is 0 Å². The molecule has 1 aromatic rings. The Balaban J connectivity index is 0.00000118. The van der Waals surface area contributed by atoms with Crippen LogP contribution in [0.4, 0.5) is 0 Å². The summed E-state index contributed by atoms with van der Waals surface area (Å²) in [5.41, 5.74) is 6.66. The molecule has 138 valence electrons. The molecule has 0 radical (unpaired) electrons. The highest BCUT2D eigenvalue weighted by atomic mass is 35.5. The van der Waals surface area contributed by atoms with Crippen molar-refractivity contribution in [2.24, 2.45) is 5.73 Å². The summed E-state index contributed by atoms with van der Waals surface area (Å²) in [4.78, 5) is 9.00. The van der Waals surface area contributed by atoms with Crippen molar-refractivity contribution >= 4 is 17.8 Å². The van der Waals surface area contributed by atoms with Gasteiger partial charge >= 0.3 is 0 Å². The molecule has 24 heavy (non-hydrogen) atoms. The fourth-order valence-electron chi connectivity index (χ4n) is 1.71. The minimum absolute atomic E-state index is 0.540. The van der Waals surface area contributed by atoms with E-state index in [4.69, 9.17) is 37.0 Å². The van der Waals surface area contributed by atoms with Gasteiger partial charge in [-0.15, -0.1) is 0 Å². The van der Waals surface area contributed by atoms with Gasteiger partial charge in [-0.25, -0.2) is 0 Å². The molecule has 1 rings (SSSR count). The molecule has 0 saturated carbocycles. The number of hydrogen-bond acceptors (Lipinski definition) is 5. The molecule has 0 amide bonds. The molecular weight excluding hydrogens is 334 g/mol. The Morgan fingerprint density at radius 3 is 2.21 bits per heavy atom. The Hall–Kier alpha value is -1.34. The lowest BCUT2D eigenvalue weighted by molar-refractivity contribution is -0.134. The van der Waals surface area contributed by atoms with Crippen LogP contribution in [0.2, 0.25) is 0 Å². The van der Waals surface area contributed by atoms with Crippen LogP contribution in [0.25, 0.3) is 0 Å².